The van der Waals surface area contributed by atoms with Gasteiger partial charge in [-0.25, -0.2) is 4.98 Å². The second kappa shape index (κ2) is 12.0. The summed E-state index contributed by atoms with van der Waals surface area (Å²) in [6, 6.07) is 15.6. The first-order valence-corrected chi connectivity index (χ1v) is 13.7. The van der Waals surface area contributed by atoms with Gasteiger partial charge in [0.15, 0.2) is 0 Å². The van der Waals surface area contributed by atoms with E-state index in [1.54, 1.807) is 7.11 Å². The third-order valence-electron chi connectivity index (χ3n) is 7.66. The van der Waals surface area contributed by atoms with Gasteiger partial charge in [-0.15, -0.1) is 0 Å². The summed E-state index contributed by atoms with van der Waals surface area (Å²) in [5.74, 6) is 2.61. The van der Waals surface area contributed by atoms with Crippen molar-refractivity contribution in [2.24, 2.45) is 0 Å². The minimum atomic E-state index is 0.385. The van der Waals surface area contributed by atoms with Crippen LogP contribution in [0.1, 0.15) is 37.7 Å². The molecular weight excluding hydrogens is 462 g/mol. The summed E-state index contributed by atoms with van der Waals surface area (Å²) in [6.07, 6.45) is 5.78. The number of para-hydroxylation sites is 1. The fourth-order valence-electron chi connectivity index (χ4n) is 5.60. The van der Waals surface area contributed by atoms with Crippen LogP contribution < -0.4 is 25.6 Å². The quantitative estimate of drug-likeness (QED) is 0.377. The molecule has 3 heterocycles. The second-order valence-electron chi connectivity index (χ2n) is 10.5. The number of anilines is 3. The molecule has 0 amide bonds. The monoisotopic (exact) mass is 503 g/mol. The average molecular weight is 504 g/mol. The molecule has 3 aromatic rings. The SMILES string of the molecule is COc1cccc(N(C)C)c1CN1CCC(Nc2nc(NCC[C@@H]3CCCN3)nc3ccccc23)CC1. The summed E-state index contributed by atoms with van der Waals surface area (Å²) in [5, 5.41) is 11.9. The molecular formula is C29H41N7O. The standard InChI is InChI=1S/C29H41N7O/c1-35(2)26-11-6-12-27(37-3)24(26)20-36-18-14-22(15-19-36)32-28-23-9-4-5-10-25(23)33-29(34-28)31-17-13-21-8-7-16-30-21/h4-6,9-12,21-22,30H,7-8,13-20H2,1-3H3,(H2,31,32,33,34)/t21-/m0/s1. The van der Waals surface area contributed by atoms with Gasteiger partial charge in [0.2, 0.25) is 5.95 Å². The first-order chi connectivity index (χ1) is 18.1. The van der Waals surface area contributed by atoms with Crippen LogP contribution in [0.4, 0.5) is 17.5 Å². The van der Waals surface area contributed by atoms with Crippen LogP contribution in [-0.2, 0) is 6.54 Å². The molecule has 2 aliphatic heterocycles. The van der Waals surface area contributed by atoms with Gasteiger partial charge in [-0.05, 0) is 62.9 Å². The highest BCUT2D eigenvalue weighted by Gasteiger charge is 2.23. The van der Waals surface area contributed by atoms with Gasteiger partial charge >= 0.3 is 0 Å². The highest BCUT2D eigenvalue weighted by Crippen LogP contribution is 2.31. The van der Waals surface area contributed by atoms with Crippen LogP contribution in [-0.4, -0.2) is 74.3 Å². The van der Waals surface area contributed by atoms with Crippen LogP contribution in [0.15, 0.2) is 42.5 Å². The van der Waals surface area contributed by atoms with E-state index in [0.29, 0.717) is 18.0 Å². The minimum Gasteiger partial charge on any atom is -0.496 e. The zero-order chi connectivity index (χ0) is 25.6. The van der Waals surface area contributed by atoms with Gasteiger partial charge < -0.3 is 25.6 Å². The van der Waals surface area contributed by atoms with Crippen molar-refractivity contribution in [1.29, 1.82) is 0 Å². The smallest absolute Gasteiger partial charge is 0.225 e. The normalized spacial score (nSPS) is 18.7. The number of nitrogens with zero attached hydrogens (tertiary/aromatic N) is 4. The predicted octanol–water partition coefficient (Wildman–Crippen LogP) is 4.33. The van der Waals surface area contributed by atoms with Gasteiger partial charge in [0.1, 0.15) is 11.6 Å². The maximum atomic E-state index is 5.70. The molecule has 8 heteroatoms. The van der Waals surface area contributed by atoms with Gasteiger partial charge in [0.25, 0.3) is 0 Å². The maximum Gasteiger partial charge on any atom is 0.225 e. The second-order valence-corrected chi connectivity index (χ2v) is 10.5. The number of hydrogen-bond acceptors (Lipinski definition) is 8. The van der Waals surface area contributed by atoms with Crippen LogP contribution in [0.25, 0.3) is 10.9 Å². The lowest BCUT2D eigenvalue weighted by molar-refractivity contribution is 0.209. The first kappa shape index (κ1) is 25.5. The van der Waals surface area contributed by atoms with Crippen molar-refractivity contribution in [2.75, 3.05) is 62.9 Å². The Bertz CT molecular complexity index is 1170. The summed E-state index contributed by atoms with van der Waals surface area (Å²) >= 11 is 0. The van der Waals surface area contributed by atoms with Crippen molar-refractivity contribution in [1.82, 2.24) is 20.2 Å². The fraction of sp³-hybridized carbons (Fsp3) is 0.517. The summed E-state index contributed by atoms with van der Waals surface area (Å²) in [4.78, 5) is 14.4. The van der Waals surface area contributed by atoms with E-state index in [1.165, 1.54) is 24.1 Å². The van der Waals surface area contributed by atoms with Crippen molar-refractivity contribution < 1.29 is 4.74 Å². The van der Waals surface area contributed by atoms with Crippen molar-refractivity contribution in [2.45, 2.75) is 50.7 Å². The Kier molecular flexibility index (Phi) is 8.26. The van der Waals surface area contributed by atoms with Gasteiger partial charge in [0, 0.05) is 69.0 Å². The molecule has 0 radical (unpaired) electrons. The number of piperidine rings is 1. The molecule has 0 bridgehead atoms. The van der Waals surface area contributed by atoms with E-state index in [-0.39, 0.29) is 0 Å². The van der Waals surface area contributed by atoms with E-state index in [2.05, 4.69) is 76.2 Å². The first-order valence-electron chi connectivity index (χ1n) is 13.7. The van der Waals surface area contributed by atoms with Gasteiger partial charge in [-0.3, -0.25) is 4.90 Å². The van der Waals surface area contributed by atoms with Gasteiger partial charge in [-0.2, -0.15) is 4.98 Å². The topological polar surface area (TPSA) is 77.6 Å². The highest BCUT2D eigenvalue weighted by molar-refractivity contribution is 5.90. The molecule has 198 valence electrons. The van der Waals surface area contributed by atoms with Crippen LogP contribution in [0, 0.1) is 0 Å². The number of fused-ring (bicyclic) bond motifs is 1. The zero-order valence-corrected chi connectivity index (χ0v) is 22.5. The van der Waals surface area contributed by atoms with Crippen LogP contribution in [0.3, 0.4) is 0 Å². The molecule has 2 aliphatic rings. The number of methoxy groups -OCH3 is 1. The van der Waals surface area contributed by atoms with E-state index in [0.717, 1.165) is 74.5 Å². The lowest BCUT2D eigenvalue weighted by Crippen LogP contribution is -2.39. The van der Waals surface area contributed by atoms with E-state index >= 15 is 0 Å². The Morgan fingerprint density at radius 2 is 1.89 bits per heavy atom. The Labute approximate surface area is 220 Å². The Morgan fingerprint density at radius 3 is 2.65 bits per heavy atom. The maximum absolute atomic E-state index is 5.70. The number of likely N-dealkylation sites (tertiary alicyclic amines) is 1. The van der Waals surface area contributed by atoms with Gasteiger partial charge in [-0.1, -0.05) is 18.2 Å². The number of benzene rings is 2. The van der Waals surface area contributed by atoms with Crippen LogP contribution in [0.2, 0.25) is 0 Å². The number of aromatic nitrogens is 2. The Balaban J connectivity index is 1.22. The molecule has 5 rings (SSSR count). The van der Waals surface area contributed by atoms with E-state index in [1.807, 2.05) is 6.07 Å². The molecule has 1 atom stereocenters. The molecule has 2 aromatic carbocycles. The summed E-state index contributed by atoms with van der Waals surface area (Å²) in [7, 11) is 5.94. The van der Waals surface area contributed by atoms with E-state index in [9.17, 15) is 0 Å². The number of rotatable bonds is 10. The van der Waals surface area contributed by atoms with Crippen molar-refractivity contribution in [3.63, 3.8) is 0 Å². The molecule has 37 heavy (non-hydrogen) atoms. The molecule has 0 unspecified atom stereocenters. The third-order valence-corrected chi connectivity index (χ3v) is 7.66. The van der Waals surface area contributed by atoms with E-state index < -0.39 is 0 Å². The molecule has 2 saturated heterocycles. The largest absolute Gasteiger partial charge is 0.496 e. The highest BCUT2D eigenvalue weighted by atomic mass is 16.5. The lowest BCUT2D eigenvalue weighted by Gasteiger charge is -2.34. The molecule has 2 fully saturated rings. The summed E-state index contributed by atoms with van der Waals surface area (Å²) in [6.45, 7) is 4.98. The van der Waals surface area contributed by atoms with Gasteiger partial charge in [0.05, 0.1) is 12.6 Å². The van der Waals surface area contributed by atoms with Crippen molar-refractivity contribution in [3.05, 3.63) is 48.0 Å². The summed E-state index contributed by atoms with van der Waals surface area (Å²) < 4.78 is 5.70. The average Bonchev–Trinajstić information content (AvgIpc) is 3.43. The van der Waals surface area contributed by atoms with Crippen LogP contribution in [0.5, 0.6) is 5.75 Å². The fourth-order valence-corrected chi connectivity index (χ4v) is 5.60. The third kappa shape index (κ3) is 6.25. The molecule has 0 aliphatic carbocycles. The molecule has 3 N–H and O–H groups in total. The molecule has 8 nitrogen and oxygen atoms in total. The number of ether oxygens (including phenoxy) is 1. The van der Waals surface area contributed by atoms with Crippen molar-refractivity contribution in [3.8, 4) is 5.75 Å². The minimum absolute atomic E-state index is 0.385. The van der Waals surface area contributed by atoms with Crippen LogP contribution >= 0.6 is 0 Å². The Hall–Kier alpha value is -3.10. The predicted molar refractivity (Wildman–Crippen MR) is 153 cm³/mol. The molecule has 0 spiro atoms. The zero-order valence-electron chi connectivity index (χ0n) is 22.5. The Morgan fingerprint density at radius 1 is 1.05 bits per heavy atom. The van der Waals surface area contributed by atoms with E-state index in [4.69, 9.17) is 14.7 Å². The lowest BCUT2D eigenvalue weighted by atomic mass is 10.0. The number of nitrogens with one attached hydrogen (secondary N) is 3. The summed E-state index contributed by atoms with van der Waals surface area (Å²) in [5.41, 5.74) is 3.45. The molecule has 1 aromatic heterocycles. The molecule has 0 saturated carbocycles. The number of hydrogen-bond donors (Lipinski definition) is 3. The van der Waals surface area contributed by atoms with Crippen molar-refractivity contribution >= 4 is 28.4 Å².